The highest BCUT2D eigenvalue weighted by Gasteiger charge is 2.54. The second kappa shape index (κ2) is 4.82. The Balaban J connectivity index is 1.50. The van der Waals surface area contributed by atoms with Gasteiger partial charge in [-0.3, -0.25) is 4.79 Å². The first kappa shape index (κ1) is 12.4. The van der Waals surface area contributed by atoms with Gasteiger partial charge in [-0.1, -0.05) is 0 Å². The molecule has 4 nitrogen and oxygen atoms in total. The Bertz CT molecular complexity index is 321. The van der Waals surface area contributed by atoms with E-state index in [-0.39, 0.29) is 5.60 Å². The molecule has 1 atom stereocenters. The van der Waals surface area contributed by atoms with Crippen LogP contribution >= 0.6 is 0 Å². The fraction of sp³-hybridized carbons (Fsp3) is 0.929. The first-order valence-electron chi connectivity index (χ1n) is 7.14. The number of hydrogen-bond donors (Lipinski definition) is 0. The second-order valence-corrected chi connectivity index (χ2v) is 6.08. The standard InChI is InChI=1S/C14H23NO3/c1-17-6-4-12-5-7-18-14(12)9-15(10-14)13(16)8-11-2-3-11/h11-12H,2-10H2,1H3/t12-/m1/s1. The third-order valence-electron chi connectivity index (χ3n) is 4.70. The lowest BCUT2D eigenvalue weighted by molar-refractivity contribution is -0.166. The van der Waals surface area contributed by atoms with Crippen LogP contribution < -0.4 is 0 Å². The molecule has 0 radical (unpaired) electrons. The van der Waals surface area contributed by atoms with Gasteiger partial charge in [0.25, 0.3) is 0 Å². The van der Waals surface area contributed by atoms with Crippen LogP contribution in [-0.4, -0.2) is 49.8 Å². The largest absolute Gasteiger partial charge is 0.385 e. The Labute approximate surface area is 109 Å². The lowest BCUT2D eigenvalue weighted by Crippen LogP contribution is -2.66. The van der Waals surface area contributed by atoms with E-state index in [9.17, 15) is 4.79 Å². The summed E-state index contributed by atoms with van der Waals surface area (Å²) in [7, 11) is 1.74. The van der Waals surface area contributed by atoms with Crippen LogP contribution in [0.5, 0.6) is 0 Å². The van der Waals surface area contributed by atoms with Gasteiger partial charge in [0, 0.05) is 26.7 Å². The van der Waals surface area contributed by atoms with Gasteiger partial charge < -0.3 is 14.4 Å². The van der Waals surface area contributed by atoms with Crippen molar-refractivity contribution in [3.63, 3.8) is 0 Å². The second-order valence-electron chi connectivity index (χ2n) is 6.08. The van der Waals surface area contributed by atoms with Gasteiger partial charge in [0.2, 0.25) is 5.91 Å². The van der Waals surface area contributed by atoms with Crippen LogP contribution in [0.1, 0.15) is 32.1 Å². The van der Waals surface area contributed by atoms with Crippen molar-refractivity contribution in [2.45, 2.75) is 37.7 Å². The summed E-state index contributed by atoms with van der Waals surface area (Å²) in [6.07, 6.45) is 5.43. The number of nitrogens with zero attached hydrogens (tertiary/aromatic N) is 1. The summed E-state index contributed by atoms with van der Waals surface area (Å²) >= 11 is 0. The zero-order valence-electron chi connectivity index (χ0n) is 11.2. The predicted molar refractivity (Wildman–Crippen MR) is 67.2 cm³/mol. The van der Waals surface area contributed by atoms with Gasteiger partial charge >= 0.3 is 0 Å². The molecule has 0 bridgehead atoms. The number of amides is 1. The van der Waals surface area contributed by atoms with E-state index in [4.69, 9.17) is 9.47 Å². The van der Waals surface area contributed by atoms with Gasteiger partial charge in [0.1, 0.15) is 5.60 Å². The average molecular weight is 253 g/mol. The highest BCUT2D eigenvalue weighted by Crippen LogP contribution is 2.42. The molecule has 1 amide bonds. The number of ether oxygens (including phenoxy) is 2. The van der Waals surface area contributed by atoms with E-state index in [1.165, 1.54) is 12.8 Å². The monoisotopic (exact) mass is 253 g/mol. The molecule has 3 rings (SSSR count). The maximum absolute atomic E-state index is 12.0. The normalized spacial score (nSPS) is 29.6. The van der Waals surface area contributed by atoms with Gasteiger partial charge in [0.15, 0.2) is 0 Å². The van der Waals surface area contributed by atoms with E-state index in [1.807, 2.05) is 4.90 Å². The Morgan fingerprint density at radius 3 is 2.83 bits per heavy atom. The van der Waals surface area contributed by atoms with E-state index in [0.29, 0.717) is 17.7 Å². The van der Waals surface area contributed by atoms with Crippen molar-refractivity contribution in [2.24, 2.45) is 11.8 Å². The van der Waals surface area contributed by atoms with Crippen molar-refractivity contribution in [1.29, 1.82) is 0 Å². The molecule has 0 aromatic carbocycles. The van der Waals surface area contributed by atoms with Gasteiger partial charge in [-0.15, -0.1) is 0 Å². The summed E-state index contributed by atoms with van der Waals surface area (Å²) < 4.78 is 11.1. The number of rotatable bonds is 5. The molecular weight excluding hydrogens is 230 g/mol. The molecule has 2 saturated heterocycles. The fourth-order valence-corrected chi connectivity index (χ4v) is 3.28. The van der Waals surface area contributed by atoms with E-state index < -0.39 is 0 Å². The first-order valence-corrected chi connectivity index (χ1v) is 7.14. The van der Waals surface area contributed by atoms with E-state index in [0.717, 1.165) is 45.6 Å². The smallest absolute Gasteiger partial charge is 0.223 e. The molecule has 0 aromatic heterocycles. The molecule has 0 aromatic rings. The topological polar surface area (TPSA) is 38.8 Å². The van der Waals surface area contributed by atoms with Gasteiger partial charge in [-0.05, 0) is 37.5 Å². The molecule has 102 valence electrons. The highest BCUT2D eigenvalue weighted by molar-refractivity contribution is 5.78. The van der Waals surface area contributed by atoms with Crippen LogP contribution in [0.2, 0.25) is 0 Å². The maximum atomic E-state index is 12.0. The van der Waals surface area contributed by atoms with Gasteiger partial charge in [-0.25, -0.2) is 0 Å². The molecule has 2 aliphatic heterocycles. The summed E-state index contributed by atoms with van der Waals surface area (Å²) in [5.74, 6) is 1.59. The van der Waals surface area contributed by atoms with Crippen LogP contribution in [0.4, 0.5) is 0 Å². The zero-order chi connectivity index (χ0) is 12.6. The quantitative estimate of drug-likeness (QED) is 0.744. The number of hydrogen-bond acceptors (Lipinski definition) is 3. The minimum Gasteiger partial charge on any atom is -0.385 e. The van der Waals surface area contributed by atoms with Crippen LogP contribution in [0.15, 0.2) is 0 Å². The number of likely N-dealkylation sites (tertiary alicyclic amines) is 1. The third-order valence-corrected chi connectivity index (χ3v) is 4.70. The minimum atomic E-state index is -0.0300. The van der Waals surface area contributed by atoms with Crippen molar-refractivity contribution in [3.05, 3.63) is 0 Å². The van der Waals surface area contributed by atoms with Crippen LogP contribution in [0.25, 0.3) is 0 Å². The molecule has 1 saturated carbocycles. The molecule has 0 unspecified atom stereocenters. The molecular formula is C14H23NO3. The van der Waals surface area contributed by atoms with Crippen LogP contribution in [-0.2, 0) is 14.3 Å². The zero-order valence-corrected chi connectivity index (χ0v) is 11.2. The number of methoxy groups -OCH3 is 1. The van der Waals surface area contributed by atoms with Crippen molar-refractivity contribution < 1.29 is 14.3 Å². The highest BCUT2D eigenvalue weighted by atomic mass is 16.5. The molecule has 3 aliphatic rings. The summed E-state index contributed by atoms with van der Waals surface area (Å²) in [5, 5.41) is 0. The maximum Gasteiger partial charge on any atom is 0.223 e. The Kier molecular flexibility index (Phi) is 3.32. The SMILES string of the molecule is COCC[C@@H]1CCOC12CN(C(=O)CC1CC1)C2. The average Bonchev–Trinajstić information content (AvgIpc) is 3.01. The van der Waals surface area contributed by atoms with E-state index >= 15 is 0 Å². The van der Waals surface area contributed by atoms with Gasteiger partial charge in [0.05, 0.1) is 13.1 Å². The van der Waals surface area contributed by atoms with E-state index in [2.05, 4.69) is 0 Å². The van der Waals surface area contributed by atoms with Gasteiger partial charge in [-0.2, -0.15) is 0 Å². The number of carbonyl (C=O) groups excluding carboxylic acids is 1. The minimum absolute atomic E-state index is 0.0300. The van der Waals surface area contributed by atoms with Crippen LogP contribution in [0, 0.1) is 11.8 Å². The lowest BCUT2D eigenvalue weighted by Gasteiger charge is -2.50. The molecule has 2 heterocycles. The lowest BCUT2D eigenvalue weighted by atomic mass is 9.79. The predicted octanol–water partition coefficient (Wildman–Crippen LogP) is 1.44. The Morgan fingerprint density at radius 2 is 2.17 bits per heavy atom. The first-order chi connectivity index (χ1) is 8.73. The molecule has 4 heteroatoms. The summed E-state index contributed by atoms with van der Waals surface area (Å²) in [5.41, 5.74) is -0.0300. The van der Waals surface area contributed by atoms with Crippen molar-refractivity contribution in [3.8, 4) is 0 Å². The molecule has 3 fully saturated rings. The third kappa shape index (κ3) is 2.28. The van der Waals surface area contributed by atoms with Crippen molar-refractivity contribution >= 4 is 5.91 Å². The summed E-state index contributed by atoms with van der Waals surface area (Å²) in [6.45, 7) is 3.27. The molecule has 0 N–H and O–H groups in total. The fourth-order valence-electron chi connectivity index (χ4n) is 3.28. The van der Waals surface area contributed by atoms with Crippen LogP contribution in [0.3, 0.4) is 0 Å². The summed E-state index contributed by atoms with van der Waals surface area (Å²) in [4.78, 5) is 14.0. The van der Waals surface area contributed by atoms with Crippen molar-refractivity contribution in [1.82, 2.24) is 4.90 Å². The van der Waals surface area contributed by atoms with Crippen molar-refractivity contribution in [2.75, 3.05) is 33.4 Å². The molecule has 1 aliphatic carbocycles. The van der Waals surface area contributed by atoms with E-state index in [1.54, 1.807) is 7.11 Å². The summed E-state index contributed by atoms with van der Waals surface area (Å²) in [6, 6.07) is 0. The molecule has 18 heavy (non-hydrogen) atoms. The number of carbonyl (C=O) groups is 1. The Hall–Kier alpha value is -0.610. The Morgan fingerprint density at radius 1 is 1.39 bits per heavy atom. The molecule has 1 spiro atoms.